The molecular weight excluding hydrogens is 238 g/mol. The van der Waals surface area contributed by atoms with E-state index in [1.807, 2.05) is 43.3 Å². The number of nitrogens with one attached hydrogen (secondary N) is 1. The van der Waals surface area contributed by atoms with E-state index in [4.69, 9.17) is 0 Å². The third-order valence-corrected chi connectivity index (χ3v) is 2.92. The molecule has 1 aromatic carbocycles. The number of hydrogen-bond acceptors (Lipinski definition) is 3. The summed E-state index contributed by atoms with van der Waals surface area (Å²) in [5.74, 6) is -0.128. The number of carbonyl (C=O) groups is 1. The second-order valence-electron chi connectivity index (χ2n) is 4.39. The van der Waals surface area contributed by atoms with E-state index in [1.54, 1.807) is 25.4 Å². The van der Waals surface area contributed by atoms with Crippen LogP contribution in [0, 0.1) is 0 Å². The number of carbonyl (C=O) groups excluding carboxylic acids is 1. The van der Waals surface area contributed by atoms with Crippen LogP contribution in [0.4, 0.5) is 5.69 Å². The van der Waals surface area contributed by atoms with Crippen molar-refractivity contribution in [2.24, 2.45) is 0 Å². The quantitative estimate of drug-likeness (QED) is 0.914. The van der Waals surface area contributed by atoms with E-state index in [1.165, 1.54) is 0 Å². The van der Waals surface area contributed by atoms with Crippen molar-refractivity contribution in [1.29, 1.82) is 0 Å². The van der Waals surface area contributed by atoms with E-state index in [0.29, 0.717) is 11.3 Å². The lowest BCUT2D eigenvalue weighted by Gasteiger charge is -2.18. The molecule has 0 aliphatic carbocycles. The lowest BCUT2D eigenvalue weighted by atomic mass is 10.0. The Labute approximate surface area is 113 Å². The summed E-state index contributed by atoms with van der Waals surface area (Å²) in [4.78, 5) is 18.3. The normalized spacial score (nSPS) is 10.1. The molecule has 4 nitrogen and oxygen atoms in total. The van der Waals surface area contributed by atoms with Crippen LogP contribution in [0.2, 0.25) is 0 Å². The minimum atomic E-state index is -0.128. The highest BCUT2D eigenvalue weighted by Gasteiger charge is 2.15. The molecule has 2 aromatic rings. The Morgan fingerprint density at radius 3 is 2.58 bits per heavy atom. The highest BCUT2D eigenvalue weighted by molar-refractivity contribution is 6.01. The van der Waals surface area contributed by atoms with Gasteiger partial charge in [-0.1, -0.05) is 18.2 Å². The summed E-state index contributed by atoms with van der Waals surface area (Å²) in [5.41, 5.74) is 3.27. The summed E-state index contributed by atoms with van der Waals surface area (Å²) in [6.45, 7) is 0. The molecule has 19 heavy (non-hydrogen) atoms. The van der Waals surface area contributed by atoms with Gasteiger partial charge in [0.2, 0.25) is 0 Å². The van der Waals surface area contributed by atoms with Gasteiger partial charge in [0.15, 0.2) is 0 Å². The molecule has 1 amide bonds. The lowest BCUT2D eigenvalue weighted by molar-refractivity contribution is 0.0963. The van der Waals surface area contributed by atoms with Crippen molar-refractivity contribution < 1.29 is 4.79 Å². The Hall–Kier alpha value is -2.36. The molecule has 0 saturated heterocycles. The predicted octanol–water partition coefficient (Wildman–Crippen LogP) is 2.17. The number of anilines is 1. The van der Waals surface area contributed by atoms with E-state index in [-0.39, 0.29) is 5.91 Å². The Morgan fingerprint density at radius 1 is 1.16 bits per heavy atom. The molecule has 0 radical (unpaired) electrons. The van der Waals surface area contributed by atoms with Crippen molar-refractivity contribution in [2.45, 2.75) is 0 Å². The molecule has 0 aliphatic rings. The molecule has 0 bridgehead atoms. The third-order valence-electron chi connectivity index (χ3n) is 2.92. The van der Waals surface area contributed by atoms with Gasteiger partial charge in [0.1, 0.15) is 0 Å². The average molecular weight is 255 g/mol. The fourth-order valence-electron chi connectivity index (χ4n) is 2.00. The maximum Gasteiger partial charge on any atom is 0.253 e. The number of rotatable bonds is 3. The van der Waals surface area contributed by atoms with E-state index in [2.05, 4.69) is 10.3 Å². The van der Waals surface area contributed by atoms with Gasteiger partial charge in [-0.2, -0.15) is 0 Å². The first-order valence-corrected chi connectivity index (χ1v) is 6.09. The summed E-state index contributed by atoms with van der Waals surface area (Å²) in [7, 11) is 5.57. The first kappa shape index (κ1) is 13.1. The van der Waals surface area contributed by atoms with E-state index in [0.717, 1.165) is 11.3 Å². The Bertz CT molecular complexity index is 593. The predicted molar refractivity (Wildman–Crippen MR) is 77.4 cm³/mol. The van der Waals surface area contributed by atoms with Crippen LogP contribution in [0.25, 0.3) is 11.3 Å². The highest BCUT2D eigenvalue weighted by atomic mass is 16.1. The summed E-state index contributed by atoms with van der Waals surface area (Å²) in [5, 5.41) is 2.65. The first-order valence-electron chi connectivity index (χ1n) is 6.09. The molecule has 1 heterocycles. The Balaban J connectivity index is 2.63. The van der Waals surface area contributed by atoms with Crippen LogP contribution < -0.4 is 10.2 Å². The topological polar surface area (TPSA) is 45.2 Å². The van der Waals surface area contributed by atoms with Gasteiger partial charge in [-0.05, 0) is 18.2 Å². The number of benzene rings is 1. The number of aromatic nitrogens is 1. The van der Waals surface area contributed by atoms with Gasteiger partial charge >= 0.3 is 0 Å². The van der Waals surface area contributed by atoms with Crippen molar-refractivity contribution in [3.8, 4) is 11.3 Å². The van der Waals surface area contributed by atoms with Gasteiger partial charge in [0, 0.05) is 38.6 Å². The summed E-state index contributed by atoms with van der Waals surface area (Å²) in [6, 6.07) is 11.5. The number of nitrogens with zero attached hydrogens (tertiary/aromatic N) is 2. The van der Waals surface area contributed by atoms with Crippen molar-refractivity contribution in [2.75, 3.05) is 26.0 Å². The number of hydrogen-bond donors (Lipinski definition) is 1. The molecule has 4 heteroatoms. The van der Waals surface area contributed by atoms with E-state index < -0.39 is 0 Å². The molecule has 0 fully saturated rings. The Morgan fingerprint density at radius 2 is 1.89 bits per heavy atom. The van der Waals surface area contributed by atoms with E-state index in [9.17, 15) is 4.79 Å². The van der Waals surface area contributed by atoms with Gasteiger partial charge in [0.25, 0.3) is 5.91 Å². The van der Waals surface area contributed by atoms with Crippen molar-refractivity contribution in [1.82, 2.24) is 10.3 Å². The van der Waals surface area contributed by atoms with Gasteiger partial charge in [-0.15, -0.1) is 0 Å². The molecule has 0 aliphatic heterocycles. The van der Waals surface area contributed by atoms with Crippen molar-refractivity contribution >= 4 is 11.6 Å². The van der Waals surface area contributed by atoms with Crippen LogP contribution in [0.1, 0.15) is 10.4 Å². The minimum Gasteiger partial charge on any atom is -0.377 e. The van der Waals surface area contributed by atoms with E-state index >= 15 is 0 Å². The van der Waals surface area contributed by atoms with Crippen LogP contribution in [0.3, 0.4) is 0 Å². The fraction of sp³-hybridized carbons (Fsp3) is 0.200. The molecule has 98 valence electrons. The summed E-state index contributed by atoms with van der Waals surface area (Å²) < 4.78 is 0. The molecule has 0 spiro atoms. The monoisotopic (exact) mass is 255 g/mol. The highest BCUT2D eigenvalue weighted by Crippen LogP contribution is 2.30. The van der Waals surface area contributed by atoms with Crippen LogP contribution in [0.5, 0.6) is 0 Å². The third kappa shape index (κ3) is 2.57. The van der Waals surface area contributed by atoms with Crippen LogP contribution in [-0.2, 0) is 0 Å². The van der Waals surface area contributed by atoms with Gasteiger partial charge in [-0.3, -0.25) is 9.78 Å². The maximum atomic E-state index is 11.9. The second kappa shape index (κ2) is 5.52. The van der Waals surface area contributed by atoms with Crippen LogP contribution in [-0.4, -0.2) is 32.0 Å². The molecule has 1 N–H and O–H groups in total. The second-order valence-corrected chi connectivity index (χ2v) is 4.39. The zero-order valence-electron chi connectivity index (χ0n) is 11.3. The number of pyridine rings is 1. The average Bonchev–Trinajstić information content (AvgIpc) is 2.46. The summed E-state index contributed by atoms with van der Waals surface area (Å²) in [6.07, 6.45) is 1.70. The van der Waals surface area contributed by atoms with Gasteiger partial charge in [0.05, 0.1) is 11.3 Å². The fourth-order valence-corrected chi connectivity index (χ4v) is 2.00. The van der Waals surface area contributed by atoms with Crippen LogP contribution >= 0.6 is 0 Å². The largest absolute Gasteiger partial charge is 0.377 e. The smallest absolute Gasteiger partial charge is 0.253 e. The number of amides is 1. The molecule has 0 atom stereocenters. The molecule has 0 saturated carbocycles. The van der Waals surface area contributed by atoms with Crippen molar-refractivity contribution in [3.05, 3.63) is 48.2 Å². The lowest BCUT2D eigenvalue weighted by Crippen LogP contribution is -2.19. The molecule has 1 aromatic heterocycles. The number of para-hydroxylation sites is 1. The summed E-state index contributed by atoms with van der Waals surface area (Å²) >= 11 is 0. The zero-order chi connectivity index (χ0) is 13.8. The maximum absolute atomic E-state index is 11.9. The minimum absolute atomic E-state index is 0.128. The molecular formula is C15H17N3O. The molecule has 2 rings (SSSR count). The van der Waals surface area contributed by atoms with Gasteiger partial charge < -0.3 is 10.2 Å². The van der Waals surface area contributed by atoms with Gasteiger partial charge in [-0.25, -0.2) is 0 Å². The zero-order valence-corrected chi connectivity index (χ0v) is 11.3. The Kier molecular flexibility index (Phi) is 3.80. The van der Waals surface area contributed by atoms with Crippen LogP contribution in [0.15, 0.2) is 42.6 Å². The standard InChI is InChI=1S/C15H17N3O/c1-16-15(19)12-8-6-10-17-14(12)11-7-4-5-9-13(11)18(2)3/h4-10H,1-3H3,(H,16,19). The molecule has 0 unspecified atom stereocenters. The SMILES string of the molecule is CNC(=O)c1cccnc1-c1ccccc1N(C)C. The van der Waals surface area contributed by atoms with Crippen molar-refractivity contribution in [3.63, 3.8) is 0 Å². The first-order chi connectivity index (χ1) is 9.15.